The van der Waals surface area contributed by atoms with E-state index in [9.17, 15) is 13.2 Å². The Balaban J connectivity index is 2.16. The van der Waals surface area contributed by atoms with Crippen molar-refractivity contribution < 1.29 is 18.3 Å². The molecule has 0 amide bonds. The van der Waals surface area contributed by atoms with Crippen molar-refractivity contribution in [2.75, 3.05) is 0 Å². The maximum atomic E-state index is 12.1. The average molecular weight is 323 g/mol. The van der Waals surface area contributed by atoms with Crippen molar-refractivity contribution in [3.63, 3.8) is 0 Å². The van der Waals surface area contributed by atoms with Crippen molar-refractivity contribution in [3.05, 3.63) is 46.6 Å². The third-order valence-corrected chi connectivity index (χ3v) is 5.30. The standard InChI is InChI=1S/C12H9N3O4S2/c13-5-8-1-3-9(4-2-8)6-15-21(18,19)12-10(11(16)17)14-7-20-12/h1-4,7,15H,6H2,(H,16,17). The van der Waals surface area contributed by atoms with Gasteiger partial charge in [-0.1, -0.05) is 12.1 Å². The molecule has 0 bridgehead atoms. The summed E-state index contributed by atoms with van der Waals surface area (Å²) in [6.45, 7) is -0.00893. The van der Waals surface area contributed by atoms with Gasteiger partial charge in [0.25, 0.3) is 10.0 Å². The summed E-state index contributed by atoms with van der Waals surface area (Å²) in [5, 5.41) is 17.6. The van der Waals surface area contributed by atoms with E-state index in [1.54, 1.807) is 24.3 Å². The van der Waals surface area contributed by atoms with Crippen molar-refractivity contribution >= 4 is 27.3 Å². The van der Waals surface area contributed by atoms with Crippen LogP contribution in [0.2, 0.25) is 0 Å². The second kappa shape index (κ2) is 6.01. The maximum absolute atomic E-state index is 12.1. The van der Waals surface area contributed by atoms with Crippen LogP contribution in [0.5, 0.6) is 0 Å². The van der Waals surface area contributed by atoms with Crippen LogP contribution in [0.3, 0.4) is 0 Å². The minimum absolute atomic E-state index is 0.00893. The van der Waals surface area contributed by atoms with E-state index in [0.717, 1.165) is 11.3 Å². The van der Waals surface area contributed by atoms with Gasteiger partial charge in [-0.15, -0.1) is 11.3 Å². The number of nitriles is 1. The first kappa shape index (κ1) is 15.1. The largest absolute Gasteiger partial charge is 0.476 e. The molecule has 0 aliphatic heterocycles. The molecule has 2 rings (SSSR count). The lowest BCUT2D eigenvalue weighted by atomic mass is 10.1. The number of aromatic nitrogens is 1. The molecular weight excluding hydrogens is 314 g/mol. The van der Waals surface area contributed by atoms with E-state index in [4.69, 9.17) is 10.4 Å². The van der Waals surface area contributed by atoms with Gasteiger partial charge in [0.05, 0.1) is 17.1 Å². The Bertz CT molecular complexity index is 804. The van der Waals surface area contributed by atoms with Gasteiger partial charge in [0.15, 0.2) is 9.90 Å². The van der Waals surface area contributed by atoms with Crippen LogP contribution < -0.4 is 4.72 Å². The summed E-state index contributed by atoms with van der Waals surface area (Å²) in [5.41, 5.74) is 1.79. The van der Waals surface area contributed by atoms with Gasteiger partial charge in [0, 0.05) is 6.54 Å². The van der Waals surface area contributed by atoms with Crippen LogP contribution in [0, 0.1) is 11.3 Å². The molecule has 0 saturated heterocycles. The number of benzene rings is 1. The van der Waals surface area contributed by atoms with E-state index in [2.05, 4.69) is 9.71 Å². The number of carboxylic acid groups (broad SMARTS) is 1. The van der Waals surface area contributed by atoms with E-state index >= 15 is 0 Å². The third-order valence-electron chi connectivity index (χ3n) is 2.53. The molecule has 0 radical (unpaired) electrons. The molecule has 1 heterocycles. The van der Waals surface area contributed by atoms with Gasteiger partial charge in [-0.25, -0.2) is 22.9 Å². The van der Waals surface area contributed by atoms with Gasteiger partial charge >= 0.3 is 5.97 Å². The fourth-order valence-electron chi connectivity index (χ4n) is 1.51. The smallest absolute Gasteiger partial charge is 0.356 e. The molecule has 7 nitrogen and oxygen atoms in total. The first-order valence-electron chi connectivity index (χ1n) is 5.59. The van der Waals surface area contributed by atoms with Gasteiger partial charge < -0.3 is 5.11 Å². The Kier molecular flexibility index (Phi) is 4.32. The summed E-state index contributed by atoms with van der Waals surface area (Å²) in [4.78, 5) is 14.4. The van der Waals surface area contributed by atoms with Crippen molar-refractivity contribution in [2.45, 2.75) is 10.8 Å². The zero-order valence-corrected chi connectivity index (χ0v) is 12.1. The summed E-state index contributed by atoms with van der Waals surface area (Å²) < 4.78 is 26.1. The molecule has 0 fully saturated rings. The molecule has 1 aromatic heterocycles. The molecule has 21 heavy (non-hydrogen) atoms. The fourth-order valence-corrected chi connectivity index (χ4v) is 3.71. The molecule has 2 N–H and O–H groups in total. The van der Waals surface area contributed by atoms with Crippen LogP contribution in [0.15, 0.2) is 34.0 Å². The van der Waals surface area contributed by atoms with Crippen molar-refractivity contribution in [1.82, 2.24) is 9.71 Å². The van der Waals surface area contributed by atoms with Crippen molar-refractivity contribution in [3.8, 4) is 6.07 Å². The maximum Gasteiger partial charge on any atom is 0.356 e. The summed E-state index contributed by atoms with van der Waals surface area (Å²) in [5.74, 6) is -1.39. The van der Waals surface area contributed by atoms with Gasteiger partial charge in [-0.05, 0) is 17.7 Å². The Labute approximate surface area is 124 Å². The van der Waals surface area contributed by atoms with E-state index in [1.807, 2.05) is 6.07 Å². The van der Waals surface area contributed by atoms with Gasteiger partial charge in [-0.3, -0.25) is 0 Å². The Morgan fingerprint density at radius 3 is 2.62 bits per heavy atom. The Hall–Kier alpha value is -2.28. The zero-order valence-electron chi connectivity index (χ0n) is 10.5. The normalized spacial score (nSPS) is 11.0. The second-order valence-electron chi connectivity index (χ2n) is 3.93. The highest BCUT2D eigenvalue weighted by Crippen LogP contribution is 2.20. The monoisotopic (exact) mass is 323 g/mol. The lowest BCUT2D eigenvalue weighted by molar-refractivity contribution is 0.0687. The lowest BCUT2D eigenvalue weighted by Gasteiger charge is -2.05. The number of sulfonamides is 1. The molecular formula is C12H9N3O4S2. The SMILES string of the molecule is N#Cc1ccc(CNS(=O)(=O)c2scnc2C(=O)O)cc1. The molecule has 9 heteroatoms. The third kappa shape index (κ3) is 3.43. The molecule has 0 unspecified atom stereocenters. The number of carboxylic acids is 1. The minimum Gasteiger partial charge on any atom is -0.476 e. The van der Waals surface area contributed by atoms with E-state index < -0.39 is 21.7 Å². The number of thiazole rings is 1. The topological polar surface area (TPSA) is 120 Å². The van der Waals surface area contributed by atoms with Gasteiger partial charge in [-0.2, -0.15) is 5.26 Å². The van der Waals surface area contributed by atoms with Crippen molar-refractivity contribution in [1.29, 1.82) is 5.26 Å². The van der Waals surface area contributed by atoms with Crippen LogP contribution in [-0.2, 0) is 16.6 Å². The molecule has 0 aliphatic rings. The van der Waals surface area contributed by atoms with Crippen molar-refractivity contribution in [2.24, 2.45) is 0 Å². The quantitative estimate of drug-likeness (QED) is 0.852. The highest BCUT2D eigenvalue weighted by molar-refractivity contribution is 7.91. The second-order valence-corrected chi connectivity index (χ2v) is 6.74. The number of rotatable bonds is 5. The van der Waals surface area contributed by atoms with Crippen LogP contribution in [0.4, 0.5) is 0 Å². The first-order valence-corrected chi connectivity index (χ1v) is 7.96. The summed E-state index contributed by atoms with van der Waals surface area (Å²) in [6, 6.07) is 8.33. The zero-order chi connectivity index (χ0) is 15.5. The molecule has 0 saturated carbocycles. The van der Waals surface area contributed by atoms with Gasteiger partial charge in [0.2, 0.25) is 0 Å². The first-order chi connectivity index (χ1) is 9.94. The van der Waals surface area contributed by atoms with Crippen LogP contribution >= 0.6 is 11.3 Å². The number of carbonyl (C=O) groups is 1. The highest BCUT2D eigenvalue weighted by Gasteiger charge is 2.25. The molecule has 0 atom stereocenters. The number of nitrogens with zero attached hydrogens (tertiary/aromatic N) is 2. The van der Waals surface area contributed by atoms with Crippen LogP contribution in [-0.4, -0.2) is 24.5 Å². The van der Waals surface area contributed by atoms with E-state index in [0.29, 0.717) is 11.1 Å². The van der Waals surface area contributed by atoms with E-state index in [-0.39, 0.29) is 10.8 Å². The number of nitrogens with one attached hydrogen (secondary N) is 1. The number of aromatic carboxylic acids is 1. The predicted octanol–water partition coefficient (Wildman–Crippen LogP) is 1.19. The lowest BCUT2D eigenvalue weighted by Crippen LogP contribution is -2.24. The number of hydrogen-bond donors (Lipinski definition) is 2. The molecule has 1 aromatic carbocycles. The molecule has 0 spiro atoms. The van der Waals surface area contributed by atoms with Gasteiger partial charge in [0.1, 0.15) is 0 Å². The Morgan fingerprint density at radius 2 is 2.05 bits per heavy atom. The minimum atomic E-state index is -3.95. The highest BCUT2D eigenvalue weighted by atomic mass is 32.2. The summed E-state index contributed by atoms with van der Waals surface area (Å²) in [6.07, 6.45) is 0. The average Bonchev–Trinajstić information content (AvgIpc) is 2.96. The number of hydrogen-bond acceptors (Lipinski definition) is 6. The van der Waals surface area contributed by atoms with E-state index in [1.165, 1.54) is 5.51 Å². The Morgan fingerprint density at radius 1 is 1.38 bits per heavy atom. The molecule has 2 aromatic rings. The summed E-state index contributed by atoms with van der Waals surface area (Å²) in [7, 11) is -3.95. The molecule has 108 valence electrons. The van der Waals surface area contributed by atoms with Crippen LogP contribution in [0.25, 0.3) is 0 Å². The summed E-state index contributed by atoms with van der Waals surface area (Å²) >= 11 is 0.741. The fraction of sp³-hybridized carbons (Fsp3) is 0.0833. The van der Waals surface area contributed by atoms with Crippen LogP contribution in [0.1, 0.15) is 21.6 Å². The molecule has 0 aliphatic carbocycles. The predicted molar refractivity (Wildman–Crippen MR) is 74.3 cm³/mol.